The molecule has 0 aliphatic rings. The molecule has 0 fully saturated rings. The normalized spacial score (nSPS) is 11.7. The lowest BCUT2D eigenvalue weighted by Gasteiger charge is -2.15. The molecule has 1 aromatic heterocycles. The minimum absolute atomic E-state index is 0. The summed E-state index contributed by atoms with van der Waals surface area (Å²) >= 11 is 1.67. The number of nitrogens with zero attached hydrogens (tertiary/aromatic N) is 2. The van der Waals surface area contributed by atoms with E-state index < -0.39 is 0 Å². The Kier molecular flexibility index (Phi) is 8.82. The number of hydrogen-bond donors (Lipinski definition) is 2. The fourth-order valence-corrected chi connectivity index (χ4v) is 3.25. The number of guanidine groups is 1. The smallest absolute Gasteiger partial charge is 0.191 e. The monoisotopic (exact) mass is 488 g/mol. The molecule has 0 radical (unpaired) electrons. The summed E-state index contributed by atoms with van der Waals surface area (Å²) in [6.07, 6.45) is 0. The van der Waals surface area contributed by atoms with Gasteiger partial charge in [-0.15, -0.1) is 35.3 Å². The van der Waals surface area contributed by atoms with Crippen LogP contribution in [0.5, 0.6) is 5.75 Å². The maximum Gasteiger partial charge on any atom is 0.191 e. The second-order valence-corrected chi connectivity index (χ2v) is 7.91. The van der Waals surface area contributed by atoms with Crippen LogP contribution in [0.1, 0.15) is 42.6 Å². The number of nitrogens with one attached hydrogen (secondary N) is 2. The third kappa shape index (κ3) is 6.42. The lowest BCUT2D eigenvalue weighted by atomic mass is 9.93. The fraction of sp³-hybridized carbons (Fsp3) is 0.474. The Morgan fingerprint density at radius 2 is 1.92 bits per heavy atom. The standard InChI is InChI=1S/C19H28N4OS.HI/c1-13-7-8-14(15(9-13)24-6)10-21-18(20-5)22-11-17-23-16(12-25-17)19(2,3)4;/h7-9,12H,10-11H2,1-6H3,(H2,20,21,22);1H. The number of halogens is 1. The van der Waals surface area contributed by atoms with E-state index >= 15 is 0 Å². The molecule has 0 unspecified atom stereocenters. The predicted molar refractivity (Wildman–Crippen MR) is 121 cm³/mol. The van der Waals surface area contributed by atoms with E-state index in [4.69, 9.17) is 9.72 Å². The Morgan fingerprint density at radius 3 is 2.50 bits per heavy atom. The molecule has 0 aliphatic heterocycles. The first kappa shape index (κ1) is 22.7. The Morgan fingerprint density at radius 1 is 1.23 bits per heavy atom. The van der Waals surface area contributed by atoms with E-state index in [1.807, 2.05) is 6.07 Å². The molecule has 144 valence electrons. The third-order valence-electron chi connectivity index (χ3n) is 3.84. The number of aryl methyl sites for hydroxylation is 1. The zero-order valence-corrected chi connectivity index (χ0v) is 19.5. The van der Waals surface area contributed by atoms with E-state index in [-0.39, 0.29) is 29.4 Å². The molecule has 0 saturated carbocycles. The van der Waals surface area contributed by atoms with Gasteiger partial charge in [0.25, 0.3) is 0 Å². The van der Waals surface area contributed by atoms with E-state index in [0.717, 1.165) is 28.0 Å². The molecule has 0 saturated heterocycles. The second-order valence-electron chi connectivity index (χ2n) is 6.97. The van der Waals surface area contributed by atoms with Crippen LogP contribution in [0.3, 0.4) is 0 Å². The summed E-state index contributed by atoms with van der Waals surface area (Å²) in [6.45, 7) is 9.89. The zero-order valence-electron chi connectivity index (χ0n) is 16.3. The molecule has 1 aromatic carbocycles. The SMILES string of the molecule is CN=C(NCc1nc(C(C)(C)C)cs1)NCc1ccc(C)cc1OC.I. The summed E-state index contributed by atoms with van der Waals surface area (Å²) < 4.78 is 5.45. The van der Waals surface area contributed by atoms with Crippen molar-refractivity contribution in [2.24, 2.45) is 4.99 Å². The summed E-state index contributed by atoms with van der Waals surface area (Å²) in [7, 11) is 3.46. The number of rotatable bonds is 5. The first-order valence-corrected chi connectivity index (χ1v) is 9.24. The highest BCUT2D eigenvalue weighted by atomic mass is 127. The van der Waals surface area contributed by atoms with E-state index in [1.54, 1.807) is 25.5 Å². The number of aromatic nitrogens is 1. The van der Waals surface area contributed by atoms with Crippen molar-refractivity contribution in [1.29, 1.82) is 0 Å². The molecule has 0 atom stereocenters. The zero-order chi connectivity index (χ0) is 18.4. The number of hydrogen-bond acceptors (Lipinski definition) is 4. The molecule has 0 bridgehead atoms. The Balaban J connectivity index is 0.00000338. The Labute approximate surface area is 177 Å². The highest BCUT2D eigenvalue weighted by molar-refractivity contribution is 14.0. The van der Waals surface area contributed by atoms with Crippen molar-refractivity contribution < 1.29 is 4.74 Å². The quantitative estimate of drug-likeness (QED) is 0.376. The molecule has 0 amide bonds. The Bertz CT molecular complexity index is 737. The highest BCUT2D eigenvalue weighted by Crippen LogP contribution is 2.23. The van der Waals surface area contributed by atoms with E-state index in [1.165, 1.54) is 5.56 Å². The largest absolute Gasteiger partial charge is 0.496 e. The van der Waals surface area contributed by atoms with E-state index in [9.17, 15) is 0 Å². The summed E-state index contributed by atoms with van der Waals surface area (Å²) in [5, 5.41) is 9.82. The van der Waals surface area contributed by atoms with Gasteiger partial charge in [-0.3, -0.25) is 4.99 Å². The van der Waals surface area contributed by atoms with Crippen molar-refractivity contribution in [2.75, 3.05) is 14.2 Å². The Hall–Kier alpha value is -1.35. The van der Waals surface area contributed by atoms with Gasteiger partial charge in [0.15, 0.2) is 5.96 Å². The molecule has 0 spiro atoms. The van der Waals surface area contributed by atoms with Crippen LogP contribution in [0.15, 0.2) is 28.6 Å². The van der Waals surface area contributed by atoms with Crippen molar-refractivity contribution in [3.8, 4) is 5.75 Å². The number of benzene rings is 1. The molecule has 2 N–H and O–H groups in total. The number of aliphatic imine (C=N–C) groups is 1. The van der Waals surface area contributed by atoms with Crippen LogP contribution >= 0.6 is 35.3 Å². The summed E-state index contributed by atoms with van der Waals surface area (Å²) in [5.41, 5.74) is 3.49. The van der Waals surface area contributed by atoms with Gasteiger partial charge < -0.3 is 15.4 Å². The minimum atomic E-state index is 0. The van der Waals surface area contributed by atoms with Crippen LogP contribution in [0, 0.1) is 6.92 Å². The summed E-state index contributed by atoms with van der Waals surface area (Å²) in [6, 6.07) is 6.20. The van der Waals surface area contributed by atoms with Gasteiger partial charge in [0.1, 0.15) is 10.8 Å². The molecule has 1 heterocycles. The lowest BCUT2D eigenvalue weighted by Crippen LogP contribution is -2.36. The first-order chi connectivity index (χ1) is 11.8. The molecular weight excluding hydrogens is 459 g/mol. The molecule has 2 aromatic rings. The number of methoxy groups -OCH3 is 1. The molecule has 7 heteroatoms. The molecule has 26 heavy (non-hydrogen) atoms. The van der Waals surface area contributed by atoms with Crippen molar-refractivity contribution in [2.45, 2.75) is 46.2 Å². The van der Waals surface area contributed by atoms with Gasteiger partial charge in [0, 0.05) is 30.0 Å². The summed E-state index contributed by atoms with van der Waals surface area (Å²) in [4.78, 5) is 8.97. The number of thiazole rings is 1. The van der Waals surface area contributed by atoms with Crippen LogP contribution in [0.25, 0.3) is 0 Å². The lowest BCUT2D eigenvalue weighted by molar-refractivity contribution is 0.408. The van der Waals surface area contributed by atoms with Crippen LogP contribution in [0.2, 0.25) is 0 Å². The van der Waals surface area contributed by atoms with Crippen molar-refractivity contribution in [1.82, 2.24) is 15.6 Å². The minimum Gasteiger partial charge on any atom is -0.496 e. The van der Waals surface area contributed by atoms with Crippen molar-refractivity contribution in [3.05, 3.63) is 45.4 Å². The van der Waals surface area contributed by atoms with Crippen LogP contribution in [0.4, 0.5) is 0 Å². The predicted octanol–water partition coefficient (Wildman–Crippen LogP) is 4.24. The molecular formula is C19H29IN4OS. The van der Waals surface area contributed by atoms with E-state index in [0.29, 0.717) is 13.1 Å². The van der Waals surface area contributed by atoms with Crippen molar-refractivity contribution in [3.63, 3.8) is 0 Å². The fourth-order valence-electron chi connectivity index (χ4n) is 2.29. The van der Waals surface area contributed by atoms with Gasteiger partial charge in [-0.2, -0.15) is 0 Å². The number of ether oxygens (including phenoxy) is 1. The van der Waals surface area contributed by atoms with Gasteiger partial charge >= 0.3 is 0 Å². The van der Waals surface area contributed by atoms with Crippen LogP contribution in [-0.4, -0.2) is 25.1 Å². The van der Waals surface area contributed by atoms with Crippen LogP contribution < -0.4 is 15.4 Å². The molecule has 2 rings (SSSR count). The average Bonchev–Trinajstić information content (AvgIpc) is 3.05. The molecule has 5 nitrogen and oxygen atoms in total. The van der Waals surface area contributed by atoms with Gasteiger partial charge in [-0.05, 0) is 18.6 Å². The topological polar surface area (TPSA) is 58.5 Å². The summed E-state index contributed by atoms with van der Waals surface area (Å²) in [5.74, 6) is 1.63. The van der Waals surface area contributed by atoms with Gasteiger partial charge in [0.2, 0.25) is 0 Å². The van der Waals surface area contributed by atoms with Crippen LogP contribution in [-0.2, 0) is 18.5 Å². The van der Waals surface area contributed by atoms with E-state index in [2.05, 4.69) is 60.8 Å². The van der Waals surface area contributed by atoms with Crippen molar-refractivity contribution >= 4 is 41.3 Å². The average molecular weight is 488 g/mol. The second kappa shape index (κ2) is 10.1. The van der Waals surface area contributed by atoms with Gasteiger partial charge in [-0.25, -0.2) is 4.98 Å². The van der Waals surface area contributed by atoms with Gasteiger partial charge in [0.05, 0.1) is 19.3 Å². The highest BCUT2D eigenvalue weighted by Gasteiger charge is 2.17. The molecule has 0 aliphatic carbocycles. The third-order valence-corrected chi connectivity index (χ3v) is 4.69. The first-order valence-electron chi connectivity index (χ1n) is 8.36. The maximum atomic E-state index is 5.45. The maximum absolute atomic E-state index is 5.45. The van der Waals surface area contributed by atoms with Gasteiger partial charge in [-0.1, -0.05) is 32.9 Å².